The van der Waals surface area contributed by atoms with Gasteiger partial charge in [0, 0.05) is 18.9 Å². The maximum Gasteiger partial charge on any atom is 0.249 e. The van der Waals surface area contributed by atoms with Crippen LogP contribution in [0.1, 0.15) is 55.9 Å². The lowest BCUT2D eigenvalue weighted by molar-refractivity contribution is -0.130. The molecule has 22 heavy (non-hydrogen) atoms. The molecule has 6 heteroatoms. The third kappa shape index (κ3) is 2.86. The fourth-order valence-corrected chi connectivity index (χ4v) is 2.64. The Morgan fingerprint density at radius 2 is 2.27 bits per heavy atom. The van der Waals surface area contributed by atoms with Crippen molar-refractivity contribution in [2.45, 2.75) is 45.2 Å². The van der Waals surface area contributed by atoms with Crippen molar-refractivity contribution >= 4 is 5.91 Å². The summed E-state index contributed by atoms with van der Waals surface area (Å²) in [6, 6.07) is 6.05. The van der Waals surface area contributed by atoms with Gasteiger partial charge in [0.25, 0.3) is 0 Å². The molecule has 1 amide bonds. The molecule has 1 aliphatic rings. The summed E-state index contributed by atoms with van der Waals surface area (Å²) in [7, 11) is 0. The van der Waals surface area contributed by atoms with Crippen molar-refractivity contribution in [3.05, 3.63) is 47.4 Å². The van der Waals surface area contributed by atoms with Gasteiger partial charge < -0.3 is 9.42 Å². The number of halogens is 1. The van der Waals surface area contributed by atoms with E-state index in [2.05, 4.69) is 10.1 Å². The van der Waals surface area contributed by atoms with Crippen molar-refractivity contribution in [1.82, 2.24) is 15.0 Å². The van der Waals surface area contributed by atoms with Gasteiger partial charge in [0.15, 0.2) is 5.82 Å². The highest BCUT2D eigenvalue weighted by Crippen LogP contribution is 2.33. The molecule has 0 spiro atoms. The molecule has 0 radical (unpaired) electrons. The molecule has 2 aromatic rings. The molecule has 0 N–H and O–H groups in total. The second-order valence-corrected chi connectivity index (χ2v) is 5.85. The average Bonchev–Trinajstić information content (AvgIpc) is 3.07. The van der Waals surface area contributed by atoms with E-state index in [4.69, 9.17) is 4.52 Å². The summed E-state index contributed by atoms with van der Waals surface area (Å²) in [6.45, 7) is 4.32. The molecule has 5 nitrogen and oxygen atoms in total. The Bertz CT molecular complexity index is 684. The summed E-state index contributed by atoms with van der Waals surface area (Å²) in [5.74, 6) is 0.997. The van der Waals surface area contributed by atoms with Crippen LogP contribution in [-0.4, -0.2) is 20.9 Å². The largest absolute Gasteiger partial charge is 0.337 e. The van der Waals surface area contributed by atoms with Crippen LogP contribution in [0.25, 0.3) is 0 Å². The summed E-state index contributed by atoms with van der Waals surface area (Å²) in [6.07, 6.45) is 1.09. The van der Waals surface area contributed by atoms with Crippen LogP contribution in [0.4, 0.5) is 4.39 Å². The minimum absolute atomic E-state index is 0.0264. The third-order valence-corrected chi connectivity index (χ3v) is 3.83. The van der Waals surface area contributed by atoms with E-state index in [0.717, 1.165) is 5.56 Å². The van der Waals surface area contributed by atoms with Crippen LogP contribution in [0, 0.1) is 5.82 Å². The quantitative estimate of drug-likeness (QED) is 0.870. The van der Waals surface area contributed by atoms with Crippen LogP contribution in [0.3, 0.4) is 0 Å². The number of aromatic nitrogens is 2. The van der Waals surface area contributed by atoms with E-state index < -0.39 is 0 Å². The van der Waals surface area contributed by atoms with Gasteiger partial charge in [0.05, 0.1) is 0 Å². The average molecular weight is 303 g/mol. The Labute approximate surface area is 128 Å². The number of carbonyl (C=O) groups is 1. The first-order chi connectivity index (χ1) is 10.5. The maximum absolute atomic E-state index is 13.3. The van der Waals surface area contributed by atoms with Crippen LogP contribution < -0.4 is 0 Å². The smallest absolute Gasteiger partial charge is 0.249 e. The standard InChI is InChI=1S/C16H18FN3O2/c1-10(2)15-18-16(22-19-15)13-6-7-14(21)20(13)9-11-4-3-5-12(17)8-11/h3-5,8,10,13H,6-7,9H2,1-2H3. The molecule has 0 aliphatic carbocycles. The van der Waals surface area contributed by atoms with Crippen LogP contribution in [-0.2, 0) is 11.3 Å². The fraction of sp³-hybridized carbons (Fsp3) is 0.438. The number of benzene rings is 1. The van der Waals surface area contributed by atoms with Gasteiger partial charge in [-0.15, -0.1) is 0 Å². The zero-order valence-electron chi connectivity index (χ0n) is 12.6. The molecule has 2 heterocycles. The molecule has 116 valence electrons. The predicted octanol–water partition coefficient (Wildman–Crippen LogP) is 3.20. The van der Waals surface area contributed by atoms with Gasteiger partial charge >= 0.3 is 0 Å². The van der Waals surface area contributed by atoms with E-state index >= 15 is 0 Å². The highest BCUT2D eigenvalue weighted by Gasteiger charge is 2.36. The Hall–Kier alpha value is -2.24. The molecule has 1 saturated heterocycles. The number of carbonyl (C=O) groups excluding carboxylic acids is 1. The maximum atomic E-state index is 13.3. The highest BCUT2D eigenvalue weighted by molar-refractivity contribution is 5.78. The number of likely N-dealkylation sites (tertiary alicyclic amines) is 1. The van der Waals surface area contributed by atoms with Crippen molar-refractivity contribution in [3.8, 4) is 0 Å². The van der Waals surface area contributed by atoms with Crippen LogP contribution in [0.5, 0.6) is 0 Å². The zero-order valence-corrected chi connectivity index (χ0v) is 12.6. The molecule has 3 rings (SSSR count). The third-order valence-electron chi connectivity index (χ3n) is 3.83. The molecule has 0 saturated carbocycles. The Balaban J connectivity index is 1.82. The summed E-state index contributed by atoms with van der Waals surface area (Å²) in [5.41, 5.74) is 0.754. The van der Waals surface area contributed by atoms with Crippen molar-refractivity contribution in [1.29, 1.82) is 0 Å². The van der Waals surface area contributed by atoms with Crippen molar-refractivity contribution < 1.29 is 13.7 Å². The summed E-state index contributed by atoms with van der Waals surface area (Å²) in [5, 5.41) is 3.96. The first kappa shape index (κ1) is 14.7. The zero-order chi connectivity index (χ0) is 15.7. The lowest BCUT2D eigenvalue weighted by atomic mass is 10.1. The van der Waals surface area contributed by atoms with Crippen molar-refractivity contribution in [2.24, 2.45) is 0 Å². The molecule has 1 aromatic heterocycles. The summed E-state index contributed by atoms with van der Waals surface area (Å²) >= 11 is 0. The normalized spacial score (nSPS) is 18.5. The topological polar surface area (TPSA) is 59.2 Å². The molecular weight excluding hydrogens is 285 g/mol. The van der Waals surface area contributed by atoms with E-state index in [-0.39, 0.29) is 23.7 Å². The molecular formula is C16H18FN3O2. The molecule has 1 aromatic carbocycles. The Morgan fingerprint density at radius 1 is 1.45 bits per heavy atom. The van der Waals surface area contributed by atoms with Gasteiger partial charge in [-0.25, -0.2) is 4.39 Å². The lowest BCUT2D eigenvalue weighted by Crippen LogP contribution is -2.27. The van der Waals surface area contributed by atoms with Gasteiger partial charge in [-0.05, 0) is 24.1 Å². The van der Waals surface area contributed by atoms with Crippen LogP contribution >= 0.6 is 0 Å². The van der Waals surface area contributed by atoms with E-state index in [0.29, 0.717) is 31.1 Å². The molecule has 1 fully saturated rings. The molecule has 1 unspecified atom stereocenters. The monoisotopic (exact) mass is 303 g/mol. The number of amides is 1. The van der Waals surface area contributed by atoms with Gasteiger partial charge in [0.1, 0.15) is 11.9 Å². The lowest BCUT2D eigenvalue weighted by Gasteiger charge is -2.22. The number of hydrogen-bond acceptors (Lipinski definition) is 4. The van der Waals surface area contributed by atoms with E-state index in [1.807, 2.05) is 13.8 Å². The first-order valence-electron chi connectivity index (χ1n) is 7.42. The molecule has 0 bridgehead atoms. The Morgan fingerprint density at radius 3 is 2.95 bits per heavy atom. The highest BCUT2D eigenvalue weighted by atomic mass is 19.1. The van der Waals surface area contributed by atoms with Crippen molar-refractivity contribution in [2.75, 3.05) is 0 Å². The fourth-order valence-electron chi connectivity index (χ4n) is 2.64. The first-order valence-corrected chi connectivity index (χ1v) is 7.42. The van der Waals surface area contributed by atoms with Gasteiger partial charge in [-0.1, -0.05) is 31.1 Å². The van der Waals surface area contributed by atoms with E-state index in [1.165, 1.54) is 12.1 Å². The SMILES string of the molecule is CC(C)c1noc(C2CCC(=O)N2Cc2cccc(F)c2)n1. The van der Waals surface area contributed by atoms with Crippen LogP contribution in [0.15, 0.2) is 28.8 Å². The van der Waals surface area contributed by atoms with E-state index in [1.54, 1.807) is 17.0 Å². The number of nitrogens with zero attached hydrogens (tertiary/aromatic N) is 3. The van der Waals surface area contributed by atoms with Gasteiger partial charge in [0.2, 0.25) is 11.8 Å². The summed E-state index contributed by atoms with van der Waals surface area (Å²) < 4.78 is 18.6. The van der Waals surface area contributed by atoms with Crippen molar-refractivity contribution in [3.63, 3.8) is 0 Å². The van der Waals surface area contributed by atoms with Crippen LogP contribution in [0.2, 0.25) is 0 Å². The number of hydrogen-bond donors (Lipinski definition) is 0. The Kier molecular flexibility index (Phi) is 3.92. The second-order valence-electron chi connectivity index (χ2n) is 5.85. The minimum Gasteiger partial charge on any atom is -0.337 e. The van der Waals surface area contributed by atoms with E-state index in [9.17, 15) is 9.18 Å². The summed E-state index contributed by atoms with van der Waals surface area (Å²) in [4.78, 5) is 18.2. The molecule has 1 aliphatic heterocycles. The molecule has 1 atom stereocenters. The van der Waals surface area contributed by atoms with Gasteiger partial charge in [-0.3, -0.25) is 4.79 Å². The number of rotatable bonds is 4. The van der Waals surface area contributed by atoms with Gasteiger partial charge in [-0.2, -0.15) is 4.98 Å². The second kappa shape index (κ2) is 5.87. The predicted molar refractivity (Wildman–Crippen MR) is 77.3 cm³/mol. The minimum atomic E-state index is -0.305.